The molecule has 0 saturated carbocycles. The Balaban J connectivity index is 1.40. The molecule has 0 radical (unpaired) electrons. The highest BCUT2D eigenvalue weighted by molar-refractivity contribution is 7.71. The van der Waals surface area contributed by atoms with E-state index in [0.29, 0.717) is 32.2 Å². The summed E-state index contributed by atoms with van der Waals surface area (Å²) >= 11 is 12.7. The molecule has 0 atom stereocenters. The number of halogens is 1. The zero-order chi connectivity index (χ0) is 21.1. The van der Waals surface area contributed by atoms with E-state index < -0.39 is 0 Å². The highest BCUT2D eigenvalue weighted by Gasteiger charge is 2.10. The number of hydrogen-bond acceptors (Lipinski definition) is 5. The van der Waals surface area contributed by atoms with Gasteiger partial charge < -0.3 is 10.3 Å². The maximum Gasteiger partial charge on any atom is 0.262 e. The summed E-state index contributed by atoms with van der Waals surface area (Å²) in [6, 6.07) is 14.8. The summed E-state index contributed by atoms with van der Waals surface area (Å²) in [5.41, 5.74) is 1.55. The minimum absolute atomic E-state index is 0.110. The van der Waals surface area contributed by atoms with Crippen molar-refractivity contribution in [1.29, 1.82) is 0 Å². The number of H-pyrrole nitrogens is 1. The van der Waals surface area contributed by atoms with Crippen molar-refractivity contribution in [3.8, 4) is 0 Å². The number of hydrogen-bond donors (Lipinski definition) is 2. The fourth-order valence-electron chi connectivity index (χ4n) is 3.09. The molecule has 0 spiro atoms. The lowest BCUT2D eigenvalue weighted by atomic mass is 10.1. The number of benzene rings is 2. The van der Waals surface area contributed by atoms with E-state index in [9.17, 15) is 9.59 Å². The molecular formula is C21H17ClN4O2S2. The second-order valence-electron chi connectivity index (χ2n) is 6.67. The molecule has 1 amide bonds. The lowest BCUT2D eigenvalue weighted by Crippen LogP contribution is -2.25. The third kappa shape index (κ3) is 4.67. The van der Waals surface area contributed by atoms with E-state index in [1.807, 2.05) is 30.3 Å². The van der Waals surface area contributed by atoms with Crippen LogP contribution in [-0.4, -0.2) is 20.4 Å². The van der Waals surface area contributed by atoms with Crippen LogP contribution in [0.25, 0.3) is 10.9 Å². The molecule has 4 rings (SSSR count). The molecular weight excluding hydrogens is 440 g/mol. The fourth-order valence-corrected chi connectivity index (χ4v) is 4.45. The number of aromatic amines is 1. The topological polar surface area (TPSA) is 79.8 Å². The average Bonchev–Trinajstić information content (AvgIpc) is 3.14. The number of rotatable bonds is 6. The van der Waals surface area contributed by atoms with Crippen molar-refractivity contribution in [3.05, 3.63) is 85.3 Å². The summed E-state index contributed by atoms with van der Waals surface area (Å²) in [5.74, 6) is -0.229. The van der Waals surface area contributed by atoms with Crippen molar-refractivity contribution in [2.24, 2.45) is 0 Å². The van der Waals surface area contributed by atoms with Crippen molar-refractivity contribution >= 4 is 57.1 Å². The van der Waals surface area contributed by atoms with Gasteiger partial charge in [0, 0.05) is 35.5 Å². The van der Waals surface area contributed by atoms with E-state index in [1.54, 1.807) is 24.4 Å². The first kappa shape index (κ1) is 20.5. The second kappa shape index (κ2) is 8.91. The minimum Gasteiger partial charge on any atom is -0.332 e. The fraction of sp³-hybridized carbons (Fsp3) is 0.143. The maximum absolute atomic E-state index is 12.6. The number of amides is 1. The molecule has 0 aliphatic carbocycles. The van der Waals surface area contributed by atoms with Gasteiger partial charge in [-0.1, -0.05) is 35.9 Å². The van der Waals surface area contributed by atoms with Crippen molar-refractivity contribution in [1.82, 2.24) is 14.5 Å². The Kier molecular flexibility index (Phi) is 6.08. The van der Waals surface area contributed by atoms with Crippen molar-refractivity contribution < 1.29 is 4.79 Å². The van der Waals surface area contributed by atoms with Crippen LogP contribution in [-0.2, 0) is 17.8 Å². The van der Waals surface area contributed by atoms with E-state index in [4.69, 9.17) is 23.8 Å². The Morgan fingerprint density at radius 2 is 2.07 bits per heavy atom. The van der Waals surface area contributed by atoms with E-state index in [0.717, 1.165) is 10.4 Å². The zero-order valence-electron chi connectivity index (χ0n) is 15.7. The number of anilines is 1. The van der Waals surface area contributed by atoms with Crippen molar-refractivity contribution in [2.75, 3.05) is 5.32 Å². The highest BCUT2D eigenvalue weighted by atomic mass is 35.5. The van der Waals surface area contributed by atoms with Crippen LogP contribution < -0.4 is 10.9 Å². The van der Waals surface area contributed by atoms with Gasteiger partial charge in [-0.15, -0.1) is 11.3 Å². The number of carbonyl (C=O) groups is 1. The van der Waals surface area contributed by atoms with Gasteiger partial charge in [-0.25, -0.2) is 4.98 Å². The predicted molar refractivity (Wildman–Crippen MR) is 123 cm³/mol. The number of nitrogens with one attached hydrogen (secondary N) is 2. The number of carbonyl (C=O) groups excluding carboxylic acids is 1. The molecule has 0 aliphatic rings. The molecule has 2 N–H and O–H groups in total. The van der Waals surface area contributed by atoms with E-state index in [-0.39, 0.29) is 24.4 Å². The molecule has 30 heavy (non-hydrogen) atoms. The molecule has 6 nitrogen and oxygen atoms in total. The third-order valence-corrected chi connectivity index (χ3v) is 5.99. The summed E-state index contributed by atoms with van der Waals surface area (Å²) < 4.78 is 1.70. The molecule has 0 saturated heterocycles. The molecule has 2 heterocycles. The van der Waals surface area contributed by atoms with Crippen molar-refractivity contribution in [3.63, 3.8) is 0 Å². The van der Waals surface area contributed by atoms with E-state index in [2.05, 4.69) is 15.3 Å². The summed E-state index contributed by atoms with van der Waals surface area (Å²) in [5, 5.41) is 4.54. The second-order valence-corrected chi connectivity index (χ2v) is 8.61. The zero-order valence-corrected chi connectivity index (χ0v) is 18.1. The first-order valence-electron chi connectivity index (χ1n) is 9.20. The van der Waals surface area contributed by atoms with Crippen LogP contribution in [0.15, 0.2) is 59.5 Å². The van der Waals surface area contributed by atoms with Crippen molar-refractivity contribution in [2.45, 2.75) is 19.4 Å². The quantitative estimate of drug-likeness (QED) is 0.409. The van der Waals surface area contributed by atoms with Crippen LogP contribution >= 0.6 is 35.2 Å². The smallest absolute Gasteiger partial charge is 0.262 e. The number of fused-ring (bicyclic) bond motifs is 1. The van der Waals surface area contributed by atoms with Gasteiger partial charge in [-0.3, -0.25) is 14.2 Å². The van der Waals surface area contributed by atoms with Gasteiger partial charge in [0.25, 0.3) is 5.56 Å². The Hall–Kier alpha value is -2.81. The van der Waals surface area contributed by atoms with Crippen LogP contribution in [0, 0.1) is 4.77 Å². The molecule has 0 bridgehead atoms. The van der Waals surface area contributed by atoms with Gasteiger partial charge in [-0.05, 0) is 42.0 Å². The molecule has 0 fully saturated rings. The molecule has 0 aliphatic heterocycles. The van der Waals surface area contributed by atoms with Gasteiger partial charge in [-0.2, -0.15) is 0 Å². The number of thiazole rings is 1. The summed E-state index contributed by atoms with van der Waals surface area (Å²) in [4.78, 5) is 33.3. The molecule has 9 heteroatoms. The highest BCUT2D eigenvalue weighted by Crippen LogP contribution is 2.22. The summed E-state index contributed by atoms with van der Waals surface area (Å²) in [7, 11) is 0. The molecule has 2 aromatic heterocycles. The monoisotopic (exact) mass is 456 g/mol. The summed E-state index contributed by atoms with van der Waals surface area (Å²) in [6.45, 7) is 0.186. The van der Waals surface area contributed by atoms with Crippen LogP contribution in [0.3, 0.4) is 0 Å². The van der Waals surface area contributed by atoms with Crippen LogP contribution in [0.5, 0.6) is 0 Å². The largest absolute Gasteiger partial charge is 0.332 e. The number of nitrogens with zero attached hydrogens (tertiary/aromatic N) is 2. The van der Waals surface area contributed by atoms with E-state index in [1.165, 1.54) is 15.9 Å². The Labute approximate surface area is 186 Å². The molecule has 4 aromatic rings. The Morgan fingerprint density at radius 1 is 1.23 bits per heavy atom. The van der Waals surface area contributed by atoms with Crippen LogP contribution in [0.2, 0.25) is 5.02 Å². The maximum atomic E-state index is 12.6. The van der Waals surface area contributed by atoms with Gasteiger partial charge in [0.05, 0.1) is 10.9 Å². The lowest BCUT2D eigenvalue weighted by molar-refractivity contribution is -0.116. The third-order valence-electron chi connectivity index (χ3n) is 4.52. The molecule has 2 aromatic carbocycles. The minimum atomic E-state index is -0.229. The first-order valence-corrected chi connectivity index (χ1v) is 10.8. The Bertz CT molecular complexity index is 1340. The first-order chi connectivity index (χ1) is 14.5. The van der Waals surface area contributed by atoms with Gasteiger partial charge in [0.15, 0.2) is 9.90 Å². The number of para-hydroxylation sites is 1. The standard InChI is InChI=1S/C21H17ClN4O2S2/c22-14-5-3-4-13(10-14)11-15-12-23-20(30-15)25-18(27)8-9-26-19(28)16-6-1-2-7-17(16)24-21(26)29/h1-7,10,12H,8-9,11H2,(H,24,29)(H,23,25,27). The van der Waals surface area contributed by atoms with Gasteiger partial charge >= 0.3 is 0 Å². The SMILES string of the molecule is O=C(CCn1c(=S)[nH]c2ccccc2c1=O)Nc1ncc(Cc2cccc(Cl)c2)s1. The molecule has 0 unspecified atom stereocenters. The Morgan fingerprint density at radius 3 is 2.90 bits per heavy atom. The average molecular weight is 457 g/mol. The lowest BCUT2D eigenvalue weighted by Gasteiger charge is -2.07. The number of aromatic nitrogens is 3. The van der Waals surface area contributed by atoms with Crippen LogP contribution in [0.1, 0.15) is 16.9 Å². The predicted octanol–water partition coefficient (Wildman–Crippen LogP) is 4.79. The normalized spacial score (nSPS) is 11.0. The molecule has 152 valence electrons. The summed E-state index contributed by atoms with van der Waals surface area (Å²) in [6.07, 6.45) is 2.54. The van der Waals surface area contributed by atoms with Crippen LogP contribution in [0.4, 0.5) is 5.13 Å². The van der Waals surface area contributed by atoms with E-state index >= 15 is 0 Å². The van der Waals surface area contributed by atoms with Gasteiger partial charge in [0.1, 0.15) is 0 Å². The van der Waals surface area contributed by atoms with Gasteiger partial charge in [0.2, 0.25) is 5.91 Å².